The number of hydrogen-bond acceptors (Lipinski definition) is 5. The van der Waals surface area contributed by atoms with Crippen molar-refractivity contribution in [3.8, 4) is 0 Å². The van der Waals surface area contributed by atoms with Gasteiger partial charge in [-0.05, 0) is 18.2 Å². The van der Waals surface area contributed by atoms with Crippen LogP contribution in [0.2, 0.25) is 0 Å². The fourth-order valence-electron chi connectivity index (χ4n) is 3.16. The lowest BCUT2D eigenvalue weighted by Gasteiger charge is -2.37. The monoisotopic (exact) mass is 406 g/mol. The van der Waals surface area contributed by atoms with Crippen LogP contribution < -0.4 is 10.5 Å². The third-order valence-electron chi connectivity index (χ3n) is 4.69. The van der Waals surface area contributed by atoms with E-state index in [4.69, 9.17) is 0 Å². The van der Waals surface area contributed by atoms with Crippen LogP contribution >= 0.6 is 0 Å². The van der Waals surface area contributed by atoms with Crippen molar-refractivity contribution < 1.29 is 27.1 Å². The molecule has 1 unspecified atom stereocenters. The molecule has 28 heavy (non-hydrogen) atoms. The summed E-state index contributed by atoms with van der Waals surface area (Å²) in [6, 6.07) is 4.84. The van der Waals surface area contributed by atoms with Crippen molar-refractivity contribution in [1.29, 1.82) is 0 Å². The molecule has 0 saturated carbocycles. The molecule has 154 valence electrons. The highest BCUT2D eigenvalue weighted by Crippen LogP contribution is 2.23. The highest BCUT2D eigenvalue weighted by Gasteiger charge is 2.39. The summed E-state index contributed by atoms with van der Waals surface area (Å²) in [6.07, 6.45) is -8.60. The van der Waals surface area contributed by atoms with E-state index >= 15 is 0 Å². The summed E-state index contributed by atoms with van der Waals surface area (Å²) in [5.74, 6) is 0. The van der Waals surface area contributed by atoms with E-state index in [-0.39, 0.29) is 5.39 Å². The second-order valence-electron chi connectivity index (χ2n) is 6.64. The number of piperazine rings is 1. The van der Waals surface area contributed by atoms with Gasteiger partial charge in [-0.3, -0.25) is 14.3 Å². The first kappa shape index (κ1) is 20.5. The van der Waals surface area contributed by atoms with Gasteiger partial charge in [-0.1, -0.05) is 0 Å². The molecule has 0 spiro atoms. The normalized spacial score (nSPS) is 17.5. The van der Waals surface area contributed by atoms with Crippen molar-refractivity contribution in [2.75, 3.05) is 37.6 Å². The minimum Gasteiger partial charge on any atom is -0.382 e. The Balaban J connectivity index is 1.69. The van der Waals surface area contributed by atoms with Crippen LogP contribution in [-0.4, -0.2) is 71.0 Å². The summed E-state index contributed by atoms with van der Waals surface area (Å²) in [4.78, 5) is 19.8. The molecule has 1 aromatic heterocycles. The van der Waals surface area contributed by atoms with Gasteiger partial charge >= 0.3 is 6.18 Å². The van der Waals surface area contributed by atoms with E-state index in [0.29, 0.717) is 31.7 Å². The zero-order valence-corrected chi connectivity index (χ0v) is 14.7. The molecule has 0 bridgehead atoms. The predicted octanol–water partition coefficient (Wildman–Crippen LogP) is 1.71. The topological polar surface area (TPSA) is 61.6 Å². The number of anilines is 1. The molecule has 2 aromatic rings. The van der Waals surface area contributed by atoms with E-state index in [1.165, 1.54) is 11.0 Å². The molecule has 2 heterocycles. The molecule has 1 fully saturated rings. The molecule has 1 aromatic carbocycles. The van der Waals surface area contributed by atoms with E-state index < -0.39 is 37.4 Å². The lowest BCUT2D eigenvalue weighted by Crippen LogP contribution is -2.50. The van der Waals surface area contributed by atoms with Gasteiger partial charge in [-0.25, -0.2) is 13.8 Å². The minimum absolute atomic E-state index is 0.221. The summed E-state index contributed by atoms with van der Waals surface area (Å²) >= 11 is 0. The summed E-state index contributed by atoms with van der Waals surface area (Å²) < 4.78 is 63.3. The van der Waals surface area contributed by atoms with Crippen LogP contribution in [0, 0.1) is 0 Å². The Morgan fingerprint density at radius 3 is 2.39 bits per heavy atom. The predicted molar refractivity (Wildman–Crippen MR) is 92.7 cm³/mol. The van der Waals surface area contributed by atoms with Crippen LogP contribution in [0.25, 0.3) is 10.9 Å². The Morgan fingerprint density at radius 2 is 1.79 bits per heavy atom. The van der Waals surface area contributed by atoms with E-state index in [1.54, 1.807) is 12.1 Å². The minimum atomic E-state index is -4.64. The maximum Gasteiger partial charge on any atom is 0.415 e. The van der Waals surface area contributed by atoms with Crippen LogP contribution in [-0.2, 0) is 6.54 Å². The van der Waals surface area contributed by atoms with Gasteiger partial charge in [0.15, 0.2) is 6.10 Å². The molecule has 3 rings (SSSR count). The summed E-state index contributed by atoms with van der Waals surface area (Å²) in [7, 11) is 0. The second-order valence-corrected chi connectivity index (χ2v) is 6.64. The fourth-order valence-corrected chi connectivity index (χ4v) is 3.16. The molecular formula is C17H19F5N4O2. The van der Waals surface area contributed by atoms with Crippen LogP contribution in [0.5, 0.6) is 0 Å². The Bertz CT molecular complexity index is 878. The molecule has 1 saturated heterocycles. The summed E-state index contributed by atoms with van der Waals surface area (Å²) in [5.41, 5.74) is 0.549. The van der Waals surface area contributed by atoms with E-state index in [9.17, 15) is 31.9 Å². The Morgan fingerprint density at radius 1 is 1.11 bits per heavy atom. The Kier molecular flexibility index (Phi) is 5.84. The first-order valence-electron chi connectivity index (χ1n) is 8.64. The molecule has 1 aliphatic rings. The maximum absolute atomic E-state index is 12.5. The highest BCUT2D eigenvalue weighted by atomic mass is 19.4. The molecule has 1 aliphatic heterocycles. The highest BCUT2D eigenvalue weighted by molar-refractivity contribution is 5.81. The van der Waals surface area contributed by atoms with Crippen LogP contribution in [0.1, 0.15) is 0 Å². The molecule has 1 N–H and O–H groups in total. The van der Waals surface area contributed by atoms with Crippen molar-refractivity contribution >= 4 is 16.6 Å². The number of aliphatic hydroxyl groups excluding tert-OH is 1. The number of halogens is 5. The lowest BCUT2D eigenvalue weighted by molar-refractivity contribution is -0.208. The Hall–Kier alpha value is -2.27. The number of fused-ring (bicyclic) bond motifs is 1. The number of rotatable bonds is 5. The van der Waals surface area contributed by atoms with Gasteiger partial charge in [-0.15, -0.1) is 0 Å². The average Bonchev–Trinajstić information content (AvgIpc) is 2.63. The third-order valence-corrected chi connectivity index (χ3v) is 4.69. The number of aromatic nitrogens is 2. The number of nitrogens with zero attached hydrogens (tertiary/aromatic N) is 4. The molecule has 6 nitrogen and oxygen atoms in total. The van der Waals surface area contributed by atoms with Gasteiger partial charge in [0, 0.05) is 38.4 Å². The van der Waals surface area contributed by atoms with Crippen molar-refractivity contribution in [2.24, 2.45) is 0 Å². The lowest BCUT2D eigenvalue weighted by atomic mass is 10.2. The largest absolute Gasteiger partial charge is 0.415 e. The van der Waals surface area contributed by atoms with Gasteiger partial charge in [0.05, 0.1) is 23.8 Å². The number of aliphatic hydroxyl groups is 1. The van der Waals surface area contributed by atoms with Crippen molar-refractivity contribution in [3.05, 3.63) is 34.9 Å². The fraction of sp³-hybridized carbons (Fsp3) is 0.529. The van der Waals surface area contributed by atoms with Gasteiger partial charge in [0.1, 0.15) is 0 Å². The molecular weight excluding hydrogens is 387 g/mol. The van der Waals surface area contributed by atoms with Crippen LogP contribution in [0.4, 0.5) is 27.6 Å². The molecule has 1 atom stereocenters. The van der Waals surface area contributed by atoms with Gasteiger partial charge < -0.3 is 10.0 Å². The first-order chi connectivity index (χ1) is 13.1. The van der Waals surface area contributed by atoms with E-state index in [0.717, 1.165) is 16.6 Å². The van der Waals surface area contributed by atoms with Gasteiger partial charge in [-0.2, -0.15) is 13.2 Å². The van der Waals surface area contributed by atoms with Gasteiger partial charge in [0.25, 0.3) is 12.0 Å². The van der Waals surface area contributed by atoms with E-state index in [1.807, 2.05) is 4.90 Å². The number of hydrogen-bond donors (Lipinski definition) is 1. The van der Waals surface area contributed by atoms with E-state index in [2.05, 4.69) is 4.98 Å². The number of alkyl halides is 5. The van der Waals surface area contributed by atoms with Crippen molar-refractivity contribution in [3.63, 3.8) is 0 Å². The number of benzene rings is 1. The van der Waals surface area contributed by atoms with Crippen molar-refractivity contribution in [2.45, 2.75) is 25.3 Å². The summed E-state index contributed by atoms with van der Waals surface area (Å²) in [5, 5.41) is 9.40. The Labute approximate surface area is 156 Å². The zero-order valence-electron chi connectivity index (χ0n) is 14.7. The molecule has 0 amide bonds. The third kappa shape index (κ3) is 4.58. The number of β-amino-alcohol motifs (C(OH)–C–C–N with tert-alkyl or cyclic N) is 1. The first-order valence-corrected chi connectivity index (χ1v) is 8.64. The second kappa shape index (κ2) is 8.00. The molecule has 11 heteroatoms. The van der Waals surface area contributed by atoms with Crippen molar-refractivity contribution in [1.82, 2.24) is 14.5 Å². The SMILES string of the molecule is O=c1c2ccc(N3CCN(CC(O)C(F)(F)F)CC3)cc2ncn1CC(F)F. The van der Waals surface area contributed by atoms with Crippen LogP contribution in [0.3, 0.4) is 0 Å². The average molecular weight is 406 g/mol. The maximum atomic E-state index is 12.5. The molecule has 0 aliphatic carbocycles. The quantitative estimate of drug-likeness (QED) is 0.767. The standard InChI is InChI=1S/C17H19F5N4O2/c18-15(19)9-26-10-23-13-7-11(1-2-12(13)16(26)28)25-5-3-24(4-6-25)8-14(27)17(20,21)22/h1-2,7,10,14-15,27H,3-6,8-9H2. The zero-order chi connectivity index (χ0) is 20.5. The summed E-state index contributed by atoms with van der Waals surface area (Å²) in [6.45, 7) is 0.371. The molecule has 0 radical (unpaired) electrons. The van der Waals surface area contributed by atoms with Gasteiger partial charge in [0.2, 0.25) is 0 Å². The smallest absolute Gasteiger partial charge is 0.382 e. The van der Waals surface area contributed by atoms with Crippen LogP contribution in [0.15, 0.2) is 29.3 Å².